The molecule has 1 unspecified atom stereocenters. The molecule has 0 fully saturated rings. The minimum atomic E-state index is 0.610. The molecule has 0 bridgehead atoms. The molecule has 1 atom stereocenters. The highest BCUT2D eigenvalue weighted by Crippen LogP contribution is 2.27. The first-order valence-corrected chi connectivity index (χ1v) is 6.62. The number of anilines is 1. The lowest BCUT2D eigenvalue weighted by Gasteiger charge is -2.23. The fourth-order valence-electron chi connectivity index (χ4n) is 2.51. The zero-order valence-corrected chi connectivity index (χ0v) is 10.6. The Labute approximate surface area is 103 Å². The first-order valence-electron chi connectivity index (χ1n) is 6.62. The average molecular weight is 234 g/mol. The minimum Gasteiger partial charge on any atom is -0.353 e. The predicted molar refractivity (Wildman–Crippen MR) is 70.0 cm³/mol. The summed E-state index contributed by atoms with van der Waals surface area (Å²) in [6.45, 7) is 3.60. The molecule has 1 heterocycles. The van der Waals surface area contributed by atoms with Crippen LogP contribution in [0.3, 0.4) is 0 Å². The van der Waals surface area contributed by atoms with Crippen molar-refractivity contribution in [3.63, 3.8) is 0 Å². The quantitative estimate of drug-likeness (QED) is 0.814. The van der Waals surface area contributed by atoms with Gasteiger partial charge < -0.3 is 11.1 Å². The summed E-state index contributed by atoms with van der Waals surface area (Å²) in [6, 6.07) is 0. The first kappa shape index (κ1) is 12.3. The van der Waals surface area contributed by atoms with E-state index in [1.165, 1.54) is 30.5 Å². The van der Waals surface area contributed by atoms with Gasteiger partial charge in [-0.2, -0.15) is 0 Å². The highest BCUT2D eigenvalue weighted by atomic mass is 15.1. The Balaban J connectivity index is 2.03. The molecule has 17 heavy (non-hydrogen) atoms. The lowest BCUT2D eigenvalue weighted by Crippen LogP contribution is -2.19. The largest absolute Gasteiger partial charge is 0.353 e. The van der Waals surface area contributed by atoms with Gasteiger partial charge in [0.25, 0.3) is 0 Å². The Morgan fingerprint density at radius 3 is 3.18 bits per heavy atom. The maximum atomic E-state index is 5.45. The van der Waals surface area contributed by atoms with Gasteiger partial charge in [0.05, 0.1) is 0 Å². The molecule has 0 aliphatic heterocycles. The maximum Gasteiger partial charge on any atom is 0.222 e. The third-order valence-corrected chi connectivity index (χ3v) is 3.38. The molecule has 2 rings (SSSR count). The van der Waals surface area contributed by atoms with Crippen molar-refractivity contribution in [1.29, 1.82) is 0 Å². The number of nitrogens with two attached hydrogens (primary N) is 1. The van der Waals surface area contributed by atoms with E-state index in [0.717, 1.165) is 31.3 Å². The fraction of sp³-hybridized carbons (Fsp3) is 0.692. The molecule has 4 heteroatoms. The van der Waals surface area contributed by atoms with Crippen LogP contribution in [0.25, 0.3) is 0 Å². The Morgan fingerprint density at radius 1 is 1.53 bits per heavy atom. The van der Waals surface area contributed by atoms with Gasteiger partial charge in [-0.25, -0.2) is 9.97 Å². The molecule has 0 aromatic carbocycles. The van der Waals surface area contributed by atoms with E-state index in [1.807, 2.05) is 6.20 Å². The van der Waals surface area contributed by atoms with Crippen molar-refractivity contribution >= 4 is 5.95 Å². The topological polar surface area (TPSA) is 63.8 Å². The Kier molecular flexibility index (Phi) is 4.31. The van der Waals surface area contributed by atoms with E-state index in [1.54, 1.807) is 0 Å². The number of aromatic nitrogens is 2. The zero-order chi connectivity index (χ0) is 12.1. The SMILES string of the molecule is CCCC1CCc2nc(NCCN)ncc2C1. The molecule has 1 aliphatic carbocycles. The van der Waals surface area contributed by atoms with E-state index >= 15 is 0 Å². The molecule has 0 spiro atoms. The summed E-state index contributed by atoms with van der Waals surface area (Å²) in [7, 11) is 0. The highest BCUT2D eigenvalue weighted by Gasteiger charge is 2.19. The van der Waals surface area contributed by atoms with Crippen LogP contribution < -0.4 is 11.1 Å². The molecule has 4 nitrogen and oxygen atoms in total. The molecule has 1 aliphatic rings. The summed E-state index contributed by atoms with van der Waals surface area (Å²) in [6.07, 6.45) is 8.11. The van der Waals surface area contributed by atoms with Gasteiger partial charge in [0.1, 0.15) is 0 Å². The van der Waals surface area contributed by atoms with Crippen LogP contribution in [0.15, 0.2) is 6.20 Å². The van der Waals surface area contributed by atoms with Gasteiger partial charge in [0, 0.05) is 25.0 Å². The summed E-state index contributed by atoms with van der Waals surface area (Å²) in [4.78, 5) is 8.91. The van der Waals surface area contributed by atoms with Gasteiger partial charge in [0.15, 0.2) is 0 Å². The normalized spacial score (nSPS) is 18.8. The Bertz CT molecular complexity index is 364. The number of rotatable bonds is 5. The van der Waals surface area contributed by atoms with E-state index in [2.05, 4.69) is 22.2 Å². The molecule has 1 aromatic heterocycles. The van der Waals surface area contributed by atoms with Crippen molar-refractivity contribution < 1.29 is 0 Å². The fourth-order valence-corrected chi connectivity index (χ4v) is 2.51. The smallest absolute Gasteiger partial charge is 0.222 e. The lowest BCUT2D eigenvalue weighted by atomic mass is 9.85. The van der Waals surface area contributed by atoms with Crippen LogP contribution in [0.5, 0.6) is 0 Å². The van der Waals surface area contributed by atoms with Gasteiger partial charge in [-0.05, 0) is 30.7 Å². The first-order chi connectivity index (χ1) is 8.33. The summed E-state index contributed by atoms with van der Waals surface area (Å²) in [5.74, 6) is 1.56. The third kappa shape index (κ3) is 3.16. The summed E-state index contributed by atoms with van der Waals surface area (Å²) >= 11 is 0. The van der Waals surface area contributed by atoms with Gasteiger partial charge in [0.2, 0.25) is 5.95 Å². The van der Waals surface area contributed by atoms with Crippen LogP contribution in [-0.4, -0.2) is 23.1 Å². The van der Waals surface area contributed by atoms with Crippen LogP contribution in [0.4, 0.5) is 5.95 Å². The van der Waals surface area contributed by atoms with Gasteiger partial charge >= 0.3 is 0 Å². The molecule has 0 radical (unpaired) electrons. The van der Waals surface area contributed by atoms with Crippen LogP contribution in [0.2, 0.25) is 0 Å². The van der Waals surface area contributed by atoms with E-state index in [4.69, 9.17) is 5.73 Å². The van der Waals surface area contributed by atoms with Gasteiger partial charge in [-0.3, -0.25) is 0 Å². The molecule has 0 saturated carbocycles. The van der Waals surface area contributed by atoms with E-state index in [9.17, 15) is 0 Å². The van der Waals surface area contributed by atoms with Crippen molar-refractivity contribution in [2.75, 3.05) is 18.4 Å². The molecular formula is C13H22N4. The Morgan fingerprint density at radius 2 is 2.41 bits per heavy atom. The molecule has 0 saturated heterocycles. The number of hydrogen-bond donors (Lipinski definition) is 2. The number of nitrogens with one attached hydrogen (secondary N) is 1. The second-order valence-corrected chi connectivity index (χ2v) is 4.78. The van der Waals surface area contributed by atoms with Crippen LogP contribution >= 0.6 is 0 Å². The van der Waals surface area contributed by atoms with Crippen molar-refractivity contribution in [2.24, 2.45) is 11.7 Å². The minimum absolute atomic E-state index is 0.610. The second kappa shape index (κ2) is 5.96. The van der Waals surface area contributed by atoms with Crippen LogP contribution in [0, 0.1) is 5.92 Å². The van der Waals surface area contributed by atoms with Crippen molar-refractivity contribution in [1.82, 2.24) is 9.97 Å². The standard InChI is InChI=1S/C13H22N4/c1-2-3-10-4-5-12-11(8-10)9-16-13(17-12)15-7-6-14/h9-10H,2-8,14H2,1H3,(H,15,16,17). The number of aryl methyl sites for hydroxylation is 1. The van der Waals surface area contributed by atoms with E-state index in [0.29, 0.717) is 6.54 Å². The second-order valence-electron chi connectivity index (χ2n) is 4.78. The average Bonchev–Trinajstić information content (AvgIpc) is 2.36. The number of hydrogen-bond acceptors (Lipinski definition) is 4. The number of fused-ring (bicyclic) bond motifs is 1. The van der Waals surface area contributed by atoms with Crippen molar-refractivity contribution in [3.8, 4) is 0 Å². The monoisotopic (exact) mass is 234 g/mol. The Hall–Kier alpha value is -1.16. The number of nitrogens with zero attached hydrogens (tertiary/aromatic N) is 2. The molecular weight excluding hydrogens is 212 g/mol. The van der Waals surface area contributed by atoms with E-state index in [-0.39, 0.29) is 0 Å². The van der Waals surface area contributed by atoms with Crippen LogP contribution in [-0.2, 0) is 12.8 Å². The van der Waals surface area contributed by atoms with E-state index < -0.39 is 0 Å². The van der Waals surface area contributed by atoms with Gasteiger partial charge in [-0.1, -0.05) is 19.8 Å². The summed E-state index contributed by atoms with van der Waals surface area (Å²) in [5, 5.41) is 3.13. The molecule has 3 N–H and O–H groups in total. The molecule has 1 aromatic rings. The van der Waals surface area contributed by atoms with Crippen molar-refractivity contribution in [3.05, 3.63) is 17.5 Å². The molecule has 0 amide bonds. The highest BCUT2D eigenvalue weighted by molar-refractivity contribution is 5.31. The summed E-state index contributed by atoms with van der Waals surface area (Å²) in [5.41, 5.74) is 8.02. The van der Waals surface area contributed by atoms with Crippen molar-refractivity contribution in [2.45, 2.75) is 39.0 Å². The third-order valence-electron chi connectivity index (χ3n) is 3.38. The lowest BCUT2D eigenvalue weighted by molar-refractivity contribution is 0.417. The maximum absolute atomic E-state index is 5.45. The van der Waals surface area contributed by atoms with Gasteiger partial charge in [-0.15, -0.1) is 0 Å². The van der Waals surface area contributed by atoms with Crippen LogP contribution in [0.1, 0.15) is 37.4 Å². The molecule has 94 valence electrons. The summed E-state index contributed by atoms with van der Waals surface area (Å²) < 4.78 is 0. The zero-order valence-electron chi connectivity index (χ0n) is 10.6. The predicted octanol–water partition coefficient (Wildman–Crippen LogP) is 1.75.